The molecule has 0 aliphatic carbocycles. The smallest absolute Gasteiger partial charge is 0.240 e. The first-order valence-corrected chi connectivity index (χ1v) is 6.12. The summed E-state index contributed by atoms with van der Waals surface area (Å²) in [6.45, 7) is 2.04. The minimum Gasteiger partial charge on any atom is -0.356 e. The van der Waals surface area contributed by atoms with E-state index in [4.69, 9.17) is 10.5 Å². The molecule has 14 heavy (non-hydrogen) atoms. The number of nitrogens with zero attached hydrogens (tertiary/aromatic N) is 1. The van der Waals surface area contributed by atoms with Gasteiger partial charge >= 0.3 is 0 Å². The lowest BCUT2D eigenvalue weighted by Crippen LogP contribution is -2.45. The van der Waals surface area contributed by atoms with Crippen molar-refractivity contribution in [1.29, 1.82) is 0 Å². The zero-order chi connectivity index (χ0) is 10.9. The number of amides is 1. The second-order valence-corrected chi connectivity index (χ2v) is 5.03. The third-order valence-electron chi connectivity index (χ3n) is 1.95. The maximum Gasteiger partial charge on any atom is 0.240 e. The summed E-state index contributed by atoms with van der Waals surface area (Å²) >= 11 is 0. The van der Waals surface area contributed by atoms with Crippen molar-refractivity contribution in [3.63, 3.8) is 0 Å². The third-order valence-corrected chi connectivity index (χ3v) is 3.07. The number of sulfonamides is 1. The second-order valence-electron chi connectivity index (χ2n) is 3.17. The van der Waals surface area contributed by atoms with Crippen LogP contribution in [0, 0.1) is 0 Å². The lowest BCUT2D eigenvalue weighted by atomic mass is 10.2. The summed E-state index contributed by atoms with van der Waals surface area (Å²) in [6, 6.07) is -0.572. The van der Waals surface area contributed by atoms with Gasteiger partial charge < -0.3 is 10.5 Å². The van der Waals surface area contributed by atoms with Crippen LogP contribution in [0.15, 0.2) is 0 Å². The predicted octanol–water partition coefficient (Wildman–Crippen LogP) is -1.13. The Morgan fingerprint density at radius 1 is 1.64 bits per heavy atom. The van der Waals surface area contributed by atoms with Crippen molar-refractivity contribution in [3.05, 3.63) is 0 Å². The van der Waals surface area contributed by atoms with Crippen LogP contribution in [0.3, 0.4) is 0 Å². The highest BCUT2D eigenvalue weighted by Crippen LogP contribution is 2.21. The highest BCUT2D eigenvalue weighted by molar-refractivity contribution is 7.88. The summed E-state index contributed by atoms with van der Waals surface area (Å²) in [7, 11) is -3.58. The minimum absolute atomic E-state index is 0.0116. The number of carbonyl (C=O) groups is 1. The molecular weight excluding hydrogens is 208 g/mol. The molecule has 0 bridgehead atoms. The molecule has 1 heterocycles. The van der Waals surface area contributed by atoms with E-state index in [9.17, 15) is 13.2 Å². The van der Waals surface area contributed by atoms with Gasteiger partial charge in [-0.05, 0) is 6.92 Å². The first kappa shape index (κ1) is 11.4. The van der Waals surface area contributed by atoms with E-state index < -0.39 is 28.2 Å². The molecule has 0 aromatic rings. The van der Waals surface area contributed by atoms with Gasteiger partial charge in [0.2, 0.25) is 15.9 Å². The van der Waals surface area contributed by atoms with Crippen LogP contribution in [0.5, 0.6) is 0 Å². The van der Waals surface area contributed by atoms with Gasteiger partial charge in [0, 0.05) is 13.0 Å². The molecule has 1 saturated heterocycles. The molecule has 1 aliphatic heterocycles. The Morgan fingerprint density at radius 2 is 2.21 bits per heavy atom. The number of nitrogens with two attached hydrogens (primary N) is 1. The van der Waals surface area contributed by atoms with Crippen molar-refractivity contribution in [2.24, 2.45) is 5.73 Å². The van der Waals surface area contributed by atoms with E-state index in [1.54, 1.807) is 6.92 Å². The molecule has 1 aliphatic rings. The monoisotopic (exact) mass is 222 g/mol. The van der Waals surface area contributed by atoms with Gasteiger partial charge in [-0.1, -0.05) is 0 Å². The molecule has 1 amide bonds. The van der Waals surface area contributed by atoms with Crippen LogP contribution >= 0.6 is 0 Å². The molecule has 7 heteroatoms. The molecule has 82 valence electrons. The zero-order valence-electron chi connectivity index (χ0n) is 8.13. The molecule has 6 nitrogen and oxygen atoms in total. The highest BCUT2D eigenvalue weighted by Gasteiger charge is 2.43. The quantitative estimate of drug-likeness (QED) is 0.652. The van der Waals surface area contributed by atoms with E-state index in [0.29, 0.717) is 6.61 Å². The van der Waals surface area contributed by atoms with Gasteiger partial charge in [-0.3, -0.25) is 4.79 Å². The van der Waals surface area contributed by atoms with E-state index in [1.807, 2.05) is 0 Å². The van der Waals surface area contributed by atoms with E-state index in [0.717, 1.165) is 10.6 Å². The molecule has 0 radical (unpaired) electrons. The normalized spacial score (nSPS) is 28.5. The van der Waals surface area contributed by atoms with E-state index in [-0.39, 0.29) is 6.42 Å². The summed E-state index contributed by atoms with van der Waals surface area (Å²) in [4.78, 5) is 11.3. The Morgan fingerprint density at radius 3 is 2.64 bits per heavy atom. The molecule has 0 aromatic heterocycles. The lowest BCUT2D eigenvalue weighted by Gasteiger charge is -2.23. The summed E-state index contributed by atoms with van der Waals surface area (Å²) in [5, 5.41) is 0. The molecular formula is C7H14N2O4S. The maximum atomic E-state index is 11.3. The standard InChI is InChI=1S/C7H14N2O4S/c1-3-13-7-5(8)4-6(10)9(7)14(2,11)12/h5,7H,3-4,8H2,1-2H3/t5-,7?/m0/s1. The van der Waals surface area contributed by atoms with Crippen molar-refractivity contribution < 1.29 is 17.9 Å². The maximum absolute atomic E-state index is 11.3. The minimum atomic E-state index is -3.58. The van der Waals surface area contributed by atoms with Crippen LogP contribution in [0.4, 0.5) is 0 Å². The van der Waals surface area contributed by atoms with Crippen molar-refractivity contribution >= 4 is 15.9 Å². The highest BCUT2D eigenvalue weighted by atomic mass is 32.2. The van der Waals surface area contributed by atoms with Crippen LogP contribution in [-0.4, -0.2) is 43.8 Å². The average Bonchev–Trinajstić information content (AvgIpc) is 2.26. The van der Waals surface area contributed by atoms with Crippen LogP contribution in [0.1, 0.15) is 13.3 Å². The number of rotatable bonds is 3. The molecule has 1 unspecified atom stereocenters. The van der Waals surface area contributed by atoms with Gasteiger partial charge in [-0.15, -0.1) is 0 Å². The number of hydrogen-bond donors (Lipinski definition) is 1. The fraction of sp³-hybridized carbons (Fsp3) is 0.857. The van der Waals surface area contributed by atoms with E-state index in [1.165, 1.54) is 0 Å². The van der Waals surface area contributed by atoms with Crippen LogP contribution in [0.25, 0.3) is 0 Å². The summed E-state index contributed by atoms with van der Waals surface area (Å²) in [5.74, 6) is -0.501. The number of hydrogen-bond acceptors (Lipinski definition) is 5. The fourth-order valence-electron chi connectivity index (χ4n) is 1.44. The Bertz CT molecular complexity index is 327. The third kappa shape index (κ3) is 2.05. The second kappa shape index (κ2) is 3.84. The molecule has 0 spiro atoms. The zero-order valence-corrected chi connectivity index (χ0v) is 8.95. The van der Waals surface area contributed by atoms with Gasteiger partial charge in [-0.2, -0.15) is 0 Å². The SMILES string of the molecule is CCOC1[C@@H](N)CC(=O)N1S(C)(=O)=O. The Hall–Kier alpha value is -0.660. The van der Waals surface area contributed by atoms with E-state index >= 15 is 0 Å². The van der Waals surface area contributed by atoms with Gasteiger partial charge in [0.25, 0.3) is 0 Å². The summed E-state index contributed by atoms with van der Waals surface area (Å²) < 4.78 is 28.3. The van der Waals surface area contributed by atoms with Gasteiger partial charge in [0.1, 0.15) is 0 Å². The summed E-state index contributed by atoms with van der Waals surface area (Å²) in [6.07, 6.45) is 0.134. The predicted molar refractivity (Wildman–Crippen MR) is 49.7 cm³/mol. The summed E-state index contributed by atoms with van der Waals surface area (Å²) in [5.41, 5.74) is 5.59. The molecule has 2 N–H and O–H groups in total. The van der Waals surface area contributed by atoms with Gasteiger partial charge in [-0.25, -0.2) is 12.7 Å². The Labute approximate surface area is 83.1 Å². The lowest BCUT2D eigenvalue weighted by molar-refractivity contribution is -0.128. The molecule has 1 rings (SSSR count). The molecule has 0 aromatic carbocycles. The van der Waals surface area contributed by atoms with Crippen molar-refractivity contribution in [2.45, 2.75) is 25.6 Å². The van der Waals surface area contributed by atoms with Gasteiger partial charge in [0.05, 0.1) is 12.3 Å². The van der Waals surface area contributed by atoms with Crippen LogP contribution in [0.2, 0.25) is 0 Å². The fourth-order valence-corrected chi connectivity index (χ4v) is 2.48. The molecule has 1 fully saturated rings. The van der Waals surface area contributed by atoms with Crippen LogP contribution < -0.4 is 5.73 Å². The number of carbonyl (C=O) groups excluding carboxylic acids is 1. The molecule has 2 atom stereocenters. The first-order chi connectivity index (χ1) is 6.38. The topological polar surface area (TPSA) is 89.7 Å². The first-order valence-electron chi connectivity index (χ1n) is 4.27. The van der Waals surface area contributed by atoms with Crippen molar-refractivity contribution in [3.8, 4) is 0 Å². The Balaban J connectivity index is 2.95. The molecule has 0 saturated carbocycles. The Kier molecular flexibility index (Phi) is 3.13. The number of ether oxygens (including phenoxy) is 1. The van der Waals surface area contributed by atoms with Crippen molar-refractivity contribution in [1.82, 2.24) is 4.31 Å². The van der Waals surface area contributed by atoms with E-state index in [2.05, 4.69) is 0 Å². The van der Waals surface area contributed by atoms with Crippen LogP contribution in [-0.2, 0) is 19.6 Å². The average molecular weight is 222 g/mol. The largest absolute Gasteiger partial charge is 0.356 e. The van der Waals surface area contributed by atoms with Gasteiger partial charge in [0.15, 0.2) is 6.23 Å². The van der Waals surface area contributed by atoms with Crippen molar-refractivity contribution in [2.75, 3.05) is 12.9 Å².